The highest BCUT2D eigenvalue weighted by Crippen LogP contribution is 2.52. The largest absolute Gasteiger partial charge is 0.303 e. The molecule has 0 heterocycles. The van der Waals surface area contributed by atoms with Crippen LogP contribution in [0.15, 0.2) is 0 Å². The molecule has 0 aromatic heterocycles. The Balaban J connectivity index is 1.75. The zero-order valence-electron chi connectivity index (χ0n) is 13.1. The summed E-state index contributed by atoms with van der Waals surface area (Å²) in [6.07, 6.45) is 21.4. The first-order valence-electron chi connectivity index (χ1n) is 8.77. The van der Waals surface area contributed by atoms with Crippen LogP contribution in [0.5, 0.6) is 0 Å². The molecule has 1 aliphatic rings. The van der Waals surface area contributed by atoms with Gasteiger partial charge in [0.1, 0.15) is 6.29 Å². The van der Waals surface area contributed by atoms with E-state index in [-0.39, 0.29) is 0 Å². The molecule has 19 heavy (non-hydrogen) atoms. The molecular formula is C18H34O. The van der Waals surface area contributed by atoms with E-state index in [9.17, 15) is 4.79 Å². The zero-order valence-corrected chi connectivity index (χ0v) is 13.1. The fourth-order valence-electron chi connectivity index (χ4n) is 3.07. The van der Waals surface area contributed by atoms with E-state index in [1.165, 1.54) is 89.9 Å². The van der Waals surface area contributed by atoms with Gasteiger partial charge in [0, 0.05) is 6.42 Å². The van der Waals surface area contributed by atoms with Gasteiger partial charge in [-0.3, -0.25) is 0 Å². The van der Waals surface area contributed by atoms with Crippen LogP contribution in [-0.2, 0) is 4.79 Å². The van der Waals surface area contributed by atoms with Crippen molar-refractivity contribution in [3.05, 3.63) is 0 Å². The molecule has 1 nitrogen and oxygen atoms in total. The average Bonchev–Trinajstić information content (AvgIpc) is 3.16. The Hall–Kier alpha value is -0.330. The summed E-state index contributed by atoms with van der Waals surface area (Å²) < 4.78 is 0. The molecule has 0 N–H and O–H groups in total. The van der Waals surface area contributed by atoms with Crippen LogP contribution in [0, 0.1) is 5.41 Å². The van der Waals surface area contributed by atoms with Gasteiger partial charge < -0.3 is 4.79 Å². The Morgan fingerprint density at radius 2 is 1.26 bits per heavy atom. The number of aldehydes is 1. The van der Waals surface area contributed by atoms with Gasteiger partial charge in [-0.15, -0.1) is 0 Å². The lowest BCUT2D eigenvalue weighted by atomic mass is 9.95. The van der Waals surface area contributed by atoms with Crippen LogP contribution in [0.4, 0.5) is 0 Å². The first kappa shape index (κ1) is 16.7. The molecule has 0 saturated heterocycles. The van der Waals surface area contributed by atoms with E-state index in [0.29, 0.717) is 5.41 Å². The Kier molecular flexibility index (Phi) is 9.20. The summed E-state index contributed by atoms with van der Waals surface area (Å²) in [7, 11) is 0. The first-order valence-corrected chi connectivity index (χ1v) is 8.77. The highest BCUT2D eigenvalue weighted by Gasteiger charge is 2.40. The maximum Gasteiger partial charge on any atom is 0.120 e. The van der Waals surface area contributed by atoms with Crippen LogP contribution >= 0.6 is 0 Å². The highest BCUT2D eigenvalue weighted by atomic mass is 16.1. The van der Waals surface area contributed by atoms with Crippen molar-refractivity contribution < 1.29 is 4.79 Å². The van der Waals surface area contributed by atoms with Crippen molar-refractivity contribution in [2.45, 2.75) is 103 Å². The second-order valence-electron chi connectivity index (χ2n) is 6.66. The fraction of sp³-hybridized carbons (Fsp3) is 0.944. The summed E-state index contributed by atoms with van der Waals surface area (Å²) in [5.74, 6) is 0. The predicted molar refractivity (Wildman–Crippen MR) is 83.4 cm³/mol. The molecule has 0 bridgehead atoms. The number of unbranched alkanes of at least 4 members (excludes halogenated alkanes) is 10. The second-order valence-corrected chi connectivity index (χ2v) is 6.66. The maximum atomic E-state index is 10.6. The molecule has 0 atom stereocenters. The van der Waals surface area contributed by atoms with Gasteiger partial charge in [-0.05, 0) is 24.7 Å². The number of carbonyl (C=O) groups is 1. The third-order valence-electron chi connectivity index (χ3n) is 4.78. The lowest BCUT2D eigenvalue weighted by Gasteiger charge is -2.10. The number of rotatable bonds is 14. The lowest BCUT2D eigenvalue weighted by Crippen LogP contribution is -2.00. The Morgan fingerprint density at radius 1 is 0.789 bits per heavy atom. The van der Waals surface area contributed by atoms with E-state index >= 15 is 0 Å². The van der Waals surface area contributed by atoms with Gasteiger partial charge in [-0.1, -0.05) is 77.6 Å². The monoisotopic (exact) mass is 266 g/mol. The van der Waals surface area contributed by atoms with Gasteiger partial charge in [-0.2, -0.15) is 0 Å². The maximum absolute atomic E-state index is 10.6. The van der Waals surface area contributed by atoms with Crippen molar-refractivity contribution in [1.29, 1.82) is 0 Å². The van der Waals surface area contributed by atoms with Crippen molar-refractivity contribution in [2.24, 2.45) is 5.41 Å². The Labute approximate surface area is 120 Å². The molecule has 0 unspecified atom stereocenters. The van der Waals surface area contributed by atoms with Crippen molar-refractivity contribution in [1.82, 2.24) is 0 Å². The van der Waals surface area contributed by atoms with E-state index in [0.717, 1.165) is 12.7 Å². The van der Waals surface area contributed by atoms with Crippen LogP contribution in [0.1, 0.15) is 103 Å². The van der Waals surface area contributed by atoms with Gasteiger partial charge in [0.25, 0.3) is 0 Å². The van der Waals surface area contributed by atoms with E-state index in [1.54, 1.807) is 0 Å². The summed E-state index contributed by atoms with van der Waals surface area (Å²) in [6.45, 7) is 2.28. The van der Waals surface area contributed by atoms with E-state index in [1.807, 2.05) is 0 Å². The van der Waals surface area contributed by atoms with Crippen LogP contribution in [0.3, 0.4) is 0 Å². The number of hydrogen-bond donors (Lipinski definition) is 0. The van der Waals surface area contributed by atoms with Gasteiger partial charge in [-0.25, -0.2) is 0 Å². The molecule has 1 fully saturated rings. The summed E-state index contributed by atoms with van der Waals surface area (Å²) in [6, 6.07) is 0. The minimum atomic E-state index is 0.473. The molecular weight excluding hydrogens is 232 g/mol. The van der Waals surface area contributed by atoms with Crippen LogP contribution in [0.2, 0.25) is 0 Å². The van der Waals surface area contributed by atoms with Crippen molar-refractivity contribution in [2.75, 3.05) is 0 Å². The van der Waals surface area contributed by atoms with E-state index < -0.39 is 0 Å². The molecule has 112 valence electrons. The zero-order chi connectivity index (χ0) is 13.8. The minimum Gasteiger partial charge on any atom is -0.303 e. The van der Waals surface area contributed by atoms with Crippen molar-refractivity contribution in [3.8, 4) is 0 Å². The predicted octanol–water partition coefficient (Wildman–Crippen LogP) is 6.06. The summed E-state index contributed by atoms with van der Waals surface area (Å²) >= 11 is 0. The van der Waals surface area contributed by atoms with Gasteiger partial charge >= 0.3 is 0 Å². The van der Waals surface area contributed by atoms with Crippen LogP contribution in [0.25, 0.3) is 0 Å². The molecule has 0 amide bonds. The third-order valence-corrected chi connectivity index (χ3v) is 4.78. The standard InChI is InChI=1S/C18H34O/c1-2-3-4-5-6-7-8-9-10-11-12-13-18(14-15-18)16-17-19/h17H,2-16H2,1H3. The van der Waals surface area contributed by atoms with Crippen LogP contribution in [-0.4, -0.2) is 6.29 Å². The third kappa shape index (κ3) is 8.44. The normalized spacial score (nSPS) is 16.5. The van der Waals surface area contributed by atoms with Gasteiger partial charge in [0.05, 0.1) is 0 Å². The topological polar surface area (TPSA) is 17.1 Å². The molecule has 0 spiro atoms. The number of hydrogen-bond acceptors (Lipinski definition) is 1. The highest BCUT2D eigenvalue weighted by molar-refractivity contribution is 5.51. The Morgan fingerprint density at radius 3 is 1.68 bits per heavy atom. The number of carbonyl (C=O) groups excluding carboxylic acids is 1. The molecule has 1 aliphatic carbocycles. The average molecular weight is 266 g/mol. The molecule has 0 aliphatic heterocycles. The molecule has 1 saturated carbocycles. The molecule has 1 rings (SSSR count). The van der Waals surface area contributed by atoms with Crippen molar-refractivity contribution in [3.63, 3.8) is 0 Å². The van der Waals surface area contributed by atoms with Gasteiger partial charge in [0.2, 0.25) is 0 Å². The SMILES string of the molecule is CCCCCCCCCCCCCC1(CC=O)CC1. The van der Waals surface area contributed by atoms with Crippen molar-refractivity contribution >= 4 is 6.29 Å². The summed E-state index contributed by atoms with van der Waals surface area (Å²) in [4.78, 5) is 10.6. The van der Waals surface area contributed by atoms with Gasteiger partial charge in [0.15, 0.2) is 0 Å². The van der Waals surface area contributed by atoms with Crippen LogP contribution < -0.4 is 0 Å². The van der Waals surface area contributed by atoms with E-state index in [2.05, 4.69) is 6.92 Å². The molecule has 0 radical (unpaired) electrons. The minimum absolute atomic E-state index is 0.473. The van der Waals surface area contributed by atoms with E-state index in [4.69, 9.17) is 0 Å². The lowest BCUT2D eigenvalue weighted by molar-refractivity contribution is -0.108. The first-order chi connectivity index (χ1) is 9.33. The summed E-state index contributed by atoms with van der Waals surface area (Å²) in [5, 5.41) is 0. The molecule has 0 aromatic carbocycles. The molecule has 0 aromatic rings. The Bertz CT molecular complexity index is 218. The summed E-state index contributed by atoms with van der Waals surface area (Å²) in [5.41, 5.74) is 0.473. The smallest absolute Gasteiger partial charge is 0.120 e. The molecule has 1 heteroatoms. The quantitative estimate of drug-likeness (QED) is 0.276. The fourth-order valence-corrected chi connectivity index (χ4v) is 3.07. The second kappa shape index (κ2) is 10.5.